The highest BCUT2D eigenvalue weighted by Crippen LogP contribution is 2.36. The van der Waals surface area contributed by atoms with Gasteiger partial charge in [0.05, 0.1) is 0 Å². The molecule has 0 aliphatic carbocycles. The van der Waals surface area contributed by atoms with E-state index in [9.17, 15) is 14.4 Å². The minimum atomic E-state index is 0.594. The molecule has 0 aromatic heterocycles. The second-order valence-electron chi connectivity index (χ2n) is 10.6. The van der Waals surface area contributed by atoms with Crippen LogP contribution in [0.4, 0.5) is 51.2 Å². The molecule has 0 fully saturated rings. The van der Waals surface area contributed by atoms with Crippen molar-refractivity contribution < 1.29 is 14.4 Å². The zero-order chi connectivity index (χ0) is 33.2. The van der Waals surface area contributed by atoms with E-state index >= 15 is 0 Å². The third-order valence-corrected chi connectivity index (χ3v) is 7.32. The predicted molar refractivity (Wildman–Crippen MR) is 192 cm³/mol. The molecule has 0 atom stereocenters. The number of nitrogen functional groups attached to an aromatic ring is 3. The van der Waals surface area contributed by atoms with Crippen molar-refractivity contribution in [1.82, 2.24) is 0 Å². The van der Waals surface area contributed by atoms with Crippen molar-refractivity contribution in [3.63, 3.8) is 0 Å². The molecule has 0 aliphatic heterocycles. The van der Waals surface area contributed by atoms with E-state index in [1.807, 2.05) is 114 Å². The van der Waals surface area contributed by atoms with Crippen molar-refractivity contribution >= 4 is 70.0 Å². The van der Waals surface area contributed by atoms with Gasteiger partial charge in [0.2, 0.25) is 0 Å². The van der Waals surface area contributed by atoms with Crippen LogP contribution < -0.4 is 27.0 Å². The molecule has 0 saturated heterocycles. The Bertz CT molecular complexity index is 1690. The smallest absolute Gasteiger partial charge is 0.150 e. The van der Waals surface area contributed by atoms with Gasteiger partial charge < -0.3 is 27.0 Å². The first-order valence-corrected chi connectivity index (χ1v) is 14.7. The van der Waals surface area contributed by atoms with Gasteiger partial charge in [-0.1, -0.05) is 0 Å². The molecule has 0 radical (unpaired) electrons. The number of hydrogen-bond donors (Lipinski definition) is 3. The van der Waals surface area contributed by atoms with Crippen molar-refractivity contribution in [2.24, 2.45) is 0 Å². The molecule has 232 valence electrons. The first kappa shape index (κ1) is 31.7. The predicted octanol–water partition coefficient (Wildman–Crippen LogP) is 8.50. The lowest BCUT2D eigenvalue weighted by molar-refractivity contribution is 0.111. The number of rotatable bonds is 9. The molecule has 0 spiro atoms. The summed E-state index contributed by atoms with van der Waals surface area (Å²) in [6, 6.07) is 44.8. The summed E-state index contributed by atoms with van der Waals surface area (Å²) in [6.07, 6.45) is 2.39. The molecule has 0 amide bonds. The average molecular weight is 620 g/mol. The van der Waals surface area contributed by atoms with Crippen molar-refractivity contribution in [2.75, 3.05) is 27.0 Å². The van der Waals surface area contributed by atoms with E-state index < -0.39 is 0 Å². The summed E-state index contributed by atoms with van der Waals surface area (Å²) in [5.74, 6) is 0. The normalized spacial score (nSPS) is 10.2. The van der Waals surface area contributed by atoms with Crippen LogP contribution in [0.5, 0.6) is 0 Å². The number of hydrogen-bond acceptors (Lipinski definition) is 8. The molecule has 0 bridgehead atoms. The minimum Gasteiger partial charge on any atom is -0.399 e. The summed E-state index contributed by atoms with van der Waals surface area (Å²) in [5.41, 5.74) is 27.0. The van der Waals surface area contributed by atoms with Crippen molar-refractivity contribution in [3.8, 4) is 0 Å². The second kappa shape index (κ2) is 14.9. The van der Waals surface area contributed by atoms with Gasteiger partial charge in [-0.15, -0.1) is 0 Å². The fourth-order valence-electron chi connectivity index (χ4n) is 4.87. The maximum Gasteiger partial charge on any atom is 0.150 e. The summed E-state index contributed by atoms with van der Waals surface area (Å²) < 4.78 is 0. The van der Waals surface area contributed by atoms with E-state index in [4.69, 9.17) is 17.2 Å². The molecule has 0 unspecified atom stereocenters. The van der Waals surface area contributed by atoms with Crippen molar-refractivity contribution in [2.45, 2.75) is 0 Å². The van der Waals surface area contributed by atoms with E-state index in [0.717, 1.165) is 70.0 Å². The Kier molecular flexibility index (Phi) is 10.0. The van der Waals surface area contributed by atoms with E-state index in [0.29, 0.717) is 16.7 Å². The van der Waals surface area contributed by atoms with Crippen LogP contribution in [0.1, 0.15) is 31.1 Å². The lowest BCUT2D eigenvalue weighted by atomic mass is 10.1. The fourth-order valence-corrected chi connectivity index (χ4v) is 4.87. The minimum absolute atomic E-state index is 0.594. The van der Waals surface area contributed by atoms with E-state index in [1.54, 1.807) is 36.4 Å². The van der Waals surface area contributed by atoms with Crippen molar-refractivity contribution in [1.29, 1.82) is 0 Å². The van der Waals surface area contributed by atoms with Gasteiger partial charge in [0, 0.05) is 67.9 Å². The third kappa shape index (κ3) is 7.89. The summed E-state index contributed by atoms with van der Waals surface area (Å²) >= 11 is 0. The van der Waals surface area contributed by atoms with Crippen LogP contribution in [-0.4, -0.2) is 18.9 Å². The molecule has 6 aromatic rings. The first-order chi connectivity index (χ1) is 22.9. The van der Waals surface area contributed by atoms with Crippen molar-refractivity contribution in [3.05, 3.63) is 162 Å². The van der Waals surface area contributed by atoms with Gasteiger partial charge >= 0.3 is 0 Å². The number of benzene rings is 6. The van der Waals surface area contributed by atoms with E-state index in [1.165, 1.54) is 0 Å². The Morgan fingerprint density at radius 3 is 0.638 bits per heavy atom. The summed E-state index contributed by atoms with van der Waals surface area (Å²) in [4.78, 5) is 36.8. The Labute approximate surface area is 273 Å². The molecular formula is C39H33N5O3. The van der Waals surface area contributed by atoms with Crippen LogP contribution in [0.25, 0.3) is 0 Å². The third-order valence-electron chi connectivity index (χ3n) is 7.32. The molecule has 0 heterocycles. The molecule has 0 aliphatic rings. The monoisotopic (exact) mass is 619 g/mol. The second-order valence-corrected chi connectivity index (χ2v) is 10.6. The van der Waals surface area contributed by atoms with Gasteiger partial charge in [-0.25, -0.2) is 0 Å². The SMILES string of the molecule is Nc1ccc(N(c2ccc(N)cc2)c2ccc(N)cc2)cc1.O=Cc1ccc(N(c2ccc(C=O)cc2)c2ccc(C=O)cc2)cc1. The Morgan fingerprint density at radius 2 is 0.468 bits per heavy atom. The standard InChI is InChI=1S/C21H15NO3.C18H18N4/c23-13-16-1-7-19(8-2-16)22(20-9-3-17(14-24)4-10-20)21-11-5-18(15-25)6-12-21;19-13-1-7-16(8-2-13)22(17-9-3-14(20)4-10-17)18-11-5-15(21)6-12-18/h1-15H;1-12H,19-21H2. The van der Waals surface area contributed by atoms with Crippen LogP contribution in [0, 0.1) is 0 Å². The molecule has 47 heavy (non-hydrogen) atoms. The van der Waals surface area contributed by atoms with Crippen LogP contribution in [0.2, 0.25) is 0 Å². The zero-order valence-corrected chi connectivity index (χ0v) is 25.4. The number of nitrogens with two attached hydrogens (primary N) is 3. The maximum atomic E-state index is 10.9. The molecule has 8 heteroatoms. The lowest BCUT2D eigenvalue weighted by Gasteiger charge is -2.25. The highest BCUT2D eigenvalue weighted by atomic mass is 16.1. The lowest BCUT2D eigenvalue weighted by Crippen LogP contribution is -2.10. The van der Waals surface area contributed by atoms with Gasteiger partial charge in [-0.2, -0.15) is 0 Å². The van der Waals surface area contributed by atoms with Gasteiger partial charge in [0.15, 0.2) is 0 Å². The Hall–Kier alpha value is -6.67. The fraction of sp³-hybridized carbons (Fsp3) is 0. The summed E-state index contributed by atoms with van der Waals surface area (Å²) in [6.45, 7) is 0. The molecule has 6 N–H and O–H groups in total. The Morgan fingerprint density at radius 1 is 0.298 bits per heavy atom. The first-order valence-electron chi connectivity index (χ1n) is 14.7. The van der Waals surface area contributed by atoms with Gasteiger partial charge in [-0.3, -0.25) is 14.4 Å². The molecule has 6 aromatic carbocycles. The largest absolute Gasteiger partial charge is 0.399 e. The number of carbonyl (C=O) groups excluding carboxylic acids is 3. The quantitative estimate of drug-likeness (QED) is 0.108. The van der Waals surface area contributed by atoms with E-state index in [2.05, 4.69) is 4.90 Å². The molecule has 8 nitrogen and oxygen atoms in total. The number of carbonyl (C=O) groups is 3. The topological polar surface area (TPSA) is 136 Å². The molecule has 6 rings (SSSR count). The summed E-state index contributed by atoms with van der Waals surface area (Å²) in [5, 5.41) is 0. The highest BCUT2D eigenvalue weighted by molar-refractivity contribution is 5.84. The zero-order valence-electron chi connectivity index (χ0n) is 25.4. The van der Waals surface area contributed by atoms with Crippen LogP contribution >= 0.6 is 0 Å². The van der Waals surface area contributed by atoms with Gasteiger partial charge in [-0.05, 0) is 146 Å². The van der Waals surface area contributed by atoms with Crippen LogP contribution in [-0.2, 0) is 0 Å². The van der Waals surface area contributed by atoms with Gasteiger partial charge in [0.25, 0.3) is 0 Å². The average Bonchev–Trinajstić information content (AvgIpc) is 3.12. The highest BCUT2D eigenvalue weighted by Gasteiger charge is 2.13. The van der Waals surface area contributed by atoms with Gasteiger partial charge in [0.1, 0.15) is 18.9 Å². The molecule has 0 saturated carbocycles. The number of anilines is 9. The Balaban J connectivity index is 0.000000186. The van der Waals surface area contributed by atoms with E-state index in [-0.39, 0.29) is 0 Å². The molecular weight excluding hydrogens is 586 g/mol. The number of nitrogens with zero attached hydrogens (tertiary/aromatic N) is 2. The summed E-state index contributed by atoms with van der Waals surface area (Å²) in [7, 11) is 0. The maximum absolute atomic E-state index is 10.9. The van der Waals surface area contributed by atoms with Crippen LogP contribution in [0.3, 0.4) is 0 Å². The number of aldehydes is 3. The van der Waals surface area contributed by atoms with Crippen LogP contribution in [0.15, 0.2) is 146 Å².